The third-order valence-corrected chi connectivity index (χ3v) is 2.57. The summed E-state index contributed by atoms with van der Waals surface area (Å²) in [6.45, 7) is 2.35. The molecule has 0 unspecified atom stereocenters. The fourth-order valence-corrected chi connectivity index (χ4v) is 0.895. The molecule has 0 amide bonds. The van der Waals surface area contributed by atoms with Crippen molar-refractivity contribution in [3.63, 3.8) is 0 Å². The molecule has 0 aliphatic carbocycles. The van der Waals surface area contributed by atoms with Gasteiger partial charge in [0.25, 0.3) is 0 Å². The number of hydrogen-bond donors (Lipinski definition) is 3. The fraction of sp³-hybridized carbons (Fsp3) is 0.857. The molecule has 0 aromatic carbocycles. The van der Waals surface area contributed by atoms with Crippen molar-refractivity contribution < 1.29 is 18.3 Å². The molecule has 1 saturated heterocycles. The number of primary sulfonamides is 1. The molecule has 1 rings (SSSR count). The highest BCUT2D eigenvalue weighted by atomic mass is 32.2. The van der Waals surface area contributed by atoms with Gasteiger partial charge < -0.3 is 10.4 Å². The lowest BCUT2D eigenvalue weighted by Crippen LogP contribution is -2.29. The van der Waals surface area contributed by atoms with Crippen LogP contribution >= 0.6 is 0 Å². The summed E-state index contributed by atoms with van der Waals surface area (Å²) in [4.78, 5) is 10.1. The number of carboxylic acids is 1. The van der Waals surface area contributed by atoms with Crippen LogP contribution in [-0.2, 0) is 14.8 Å². The predicted octanol–water partition coefficient (Wildman–Crippen LogP) is -0.882. The monoisotopic (exact) mass is 224 g/mol. The lowest BCUT2D eigenvalue weighted by Gasteiger charge is -1.99. The minimum Gasteiger partial charge on any atom is -0.480 e. The van der Waals surface area contributed by atoms with E-state index in [1.807, 2.05) is 0 Å². The van der Waals surface area contributed by atoms with E-state index in [0.29, 0.717) is 0 Å². The van der Waals surface area contributed by atoms with Crippen molar-refractivity contribution in [3.05, 3.63) is 0 Å². The first-order chi connectivity index (χ1) is 6.37. The predicted molar refractivity (Wildman–Crippen MR) is 52.3 cm³/mol. The van der Waals surface area contributed by atoms with Crippen LogP contribution in [0.15, 0.2) is 0 Å². The first-order valence-corrected chi connectivity index (χ1v) is 6.05. The Morgan fingerprint density at radius 1 is 1.64 bits per heavy atom. The maximum atomic E-state index is 10.1. The van der Waals surface area contributed by atoms with E-state index in [9.17, 15) is 13.2 Å². The second kappa shape index (κ2) is 5.94. The van der Waals surface area contributed by atoms with Crippen LogP contribution in [0.1, 0.15) is 19.8 Å². The average molecular weight is 224 g/mol. The van der Waals surface area contributed by atoms with Crippen molar-refractivity contribution in [3.8, 4) is 0 Å². The Morgan fingerprint density at radius 3 is 2.29 bits per heavy atom. The summed E-state index contributed by atoms with van der Waals surface area (Å²) in [6.07, 6.45) is 1.78. The Hall–Kier alpha value is -0.660. The van der Waals surface area contributed by atoms with Crippen molar-refractivity contribution in [2.24, 2.45) is 5.14 Å². The van der Waals surface area contributed by atoms with Gasteiger partial charge in [-0.1, -0.05) is 0 Å². The van der Waals surface area contributed by atoms with Crippen LogP contribution < -0.4 is 10.5 Å². The van der Waals surface area contributed by atoms with Gasteiger partial charge in [0.1, 0.15) is 6.04 Å². The number of hydrogen-bond acceptors (Lipinski definition) is 4. The van der Waals surface area contributed by atoms with E-state index in [0.717, 1.165) is 19.4 Å². The number of carbonyl (C=O) groups is 1. The molecule has 0 radical (unpaired) electrons. The smallest absolute Gasteiger partial charge is 0.320 e. The van der Waals surface area contributed by atoms with E-state index >= 15 is 0 Å². The first kappa shape index (κ1) is 13.3. The topological polar surface area (TPSA) is 109 Å². The SMILES string of the molecule is CCS(N)(=O)=O.O=C(O)[C@@H]1CCCN1. The molecule has 1 aliphatic rings. The lowest BCUT2D eigenvalue weighted by molar-refractivity contribution is -0.139. The zero-order valence-corrected chi connectivity index (χ0v) is 8.88. The van der Waals surface area contributed by atoms with Crippen LogP contribution in [0.2, 0.25) is 0 Å². The van der Waals surface area contributed by atoms with Gasteiger partial charge in [-0.2, -0.15) is 0 Å². The molecule has 84 valence electrons. The standard InChI is InChI=1S/C5H9NO2.C2H7NO2S/c7-5(8)4-2-1-3-6-4;1-2-6(3,4)5/h4,6H,1-3H2,(H,7,8);2H2,1H3,(H2,3,4,5)/t4-;/m0./s1. The quantitative estimate of drug-likeness (QED) is 0.564. The van der Waals surface area contributed by atoms with Crippen LogP contribution in [0.5, 0.6) is 0 Å². The summed E-state index contributed by atoms with van der Waals surface area (Å²) in [6, 6.07) is -0.269. The van der Waals surface area contributed by atoms with Crippen molar-refractivity contribution >= 4 is 16.0 Å². The molecule has 14 heavy (non-hydrogen) atoms. The van der Waals surface area contributed by atoms with E-state index < -0.39 is 16.0 Å². The molecule has 0 aromatic heterocycles. The number of sulfonamides is 1. The molecule has 6 nitrogen and oxygen atoms in total. The molecule has 1 atom stereocenters. The van der Waals surface area contributed by atoms with Crippen molar-refractivity contribution in [2.45, 2.75) is 25.8 Å². The van der Waals surface area contributed by atoms with Crippen LogP contribution in [0.3, 0.4) is 0 Å². The second-order valence-electron chi connectivity index (χ2n) is 2.94. The van der Waals surface area contributed by atoms with Gasteiger partial charge in [0.2, 0.25) is 10.0 Å². The van der Waals surface area contributed by atoms with E-state index in [1.54, 1.807) is 0 Å². The van der Waals surface area contributed by atoms with E-state index in [4.69, 9.17) is 5.11 Å². The first-order valence-electron chi connectivity index (χ1n) is 4.33. The van der Waals surface area contributed by atoms with Gasteiger partial charge >= 0.3 is 5.97 Å². The Morgan fingerprint density at radius 2 is 2.14 bits per heavy atom. The Bertz CT molecular complexity index is 269. The molecule has 7 heteroatoms. The van der Waals surface area contributed by atoms with Gasteiger partial charge in [-0.3, -0.25) is 4.79 Å². The van der Waals surface area contributed by atoms with Crippen LogP contribution in [-0.4, -0.2) is 37.8 Å². The van der Waals surface area contributed by atoms with E-state index in [-0.39, 0.29) is 11.8 Å². The number of aliphatic carboxylic acids is 1. The largest absolute Gasteiger partial charge is 0.480 e. The lowest BCUT2D eigenvalue weighted by atomic mass is 10.2. The fourth-order valence-electron chi connectivity index (χ4n) is 0.895. The maximum Gasteiger partial charge on any atom is 0.320 e. The maximum absolute atomic E-state index is 10.1. The van der Waals surface area contributed by atoms with Crippen LogP contribution in [0.4, 0.5) is 0 Å². The molecule has 4 N–H and O–H groups in total. The van der Waals surface area contributed by atoms with Gasteiger partial charge in [0.15, 0.2) is 0 Å². The van der Waals surface area contributed by atoms with E-state index in [1.165, 1.54) is 6.92 Å². The Labute approximate surface area is 83.5 Å². The molecule has 0 saturated carbocycles. The van der Waals surface area contributed by atoms with Gasteiger partial charge in [0.05, 0.1) is 5.75 Å². The molecule has 1 heterocycles. The van der Waals surface area contributed by atoms with Crippen molar-refractivity contribution in [2.75, 3.05) is 12.3 Å². The molecular weight excluding hydrogens is 208 g/mol. The normalized spacial score (nSPS) is 21.1. The molecule has 0 aromatic rings. The van der Waals surface area contributed by atoms with Gasteiger partial charge in [-0.05, 0) is 26.3 Å². The Balaban J connectivity index is 0.000000255. The molecule has 1 fully saturated rings. The van der Waals surface area contributed by atoms with Gasteiger partial charge in [-0.15, -0.1) is 0 Å². The second-order valence-corrected chi connectivity index (χ2v) is 4.84. The van der Waals surface area contributed by atoms with Crippen molar-refractivity contribution in [1.29, 1.82) is 0 Å². The minimum absolute atomic E-state index is 0.0208. The number of nitrogens with two attached hydrogens (primary N) is 1. The summed E-state index contributed by atoms with van der Waals surface area (Å²) >= 11 is 0. The molecule has 0 spiro atoms. The zero-order chi connectivity index (χ0) is 11.2. The molecular formula is C7H16N2O4S. The van der Waals surface area contributed by atoms with Gasteiger partial charge in [-0.25, -0.2) is 13.6 Å². The third kappa shape index (κ3) is 6.81. The highest BCUT2D eigenvalue weighted by Crippen LogP contribution is 2.03. The highest BCUT2D eigenvalue weighted by molar-refractivity contribution is 7.89. The Kier molecular flexibility index (Phi) is 5.66. The van der Waals surface area contributed by atoms with Crippen LogP contribution in [0.25, 0.3) is 0 Å². The molecule has 1 aliphatic heterocycles. The summed E-state index contributed by atoms with van der Waals surface area (Å²) < 4.78 is 19.6. The summed E-state index contributed by atoms with van der Waals surface area (Å²) in [5.41, 5.74) is 0. The van der Waals surface area contributed by atoms with E-state index in [2.05, 4.69) is 10.5 Å². The average Bonchev–Trinajstić information content (AvgIpc) is 2.56. The number of carboxylic acid groups (broad SMARTS) is 1. The van der Waals surface area contributed by atoms with Crippen LogP contribution in [0, 0.1) is 0 Å². The minimum atomic E-state index is -3.16. The summed E-state index contributed by atoms with van der Waals surface area (Å²) in [7, 11) is -3.16. The number of rotatable bonds is 2. The van der Waals surface area contributed by atoms with Gasteiger partial charge in [0, 0.05) is 0 Å². The third-order valence-electron chi connectivity index (χ3n) is 1.76. The summed E-state index contributed by atoms with van der Waals surface area (Å²) in [5, 5.41) is 15.7. The molecule has 0 bridgehead atoms. The van der Waals surface area contributed by atoms with Crippen molar-refractivity contribution in [1.82, 2.24) is 5.32 Å². The zero-order valence-electron chi connectivity index (χ0n) is 8.06. The number of nitrogens with one attached hydrogen (secondary N) is 1. The highest BCUT2D eigenvalue weighted by Gasteiger charge is 2.20. The summed E-state index contributed by atoms with van der Waals surface area (Å²) in [5.74, 6) is -0.699.